The van der Waals surface area contributed by atoms with Gasteiger partial charge in [0.25, 0.3) is 0 Å². The highest BCUT2D eigenvalue weighted by Gasteiger charge is 2.17. The van der Waals surface area contributed by atoms with Gasteiger partial charge in [-0.1, -0.05) is 32.0 Å². The van der Waals surface area contributed by atoms with E-state index in [0.29, 0.717) is 0 Å². The van der Waals surface area contributed by atoms with Gasteiger partial charge in [-0.3, -0.25) is 4.90 Å². The summed E-state index contributed by atoms with van der Waals surface area (Å²) in [4.78, 5) is 2.17. The quantitative estimate of drug-likeness (QED) is 0.772. The lowest BCUT2D eigenvalue weighted by atomic mass is 10.0. The van der Waals surface area contributed by atoms with Crippen molar-refractivity contribution in [3.63, 3.8) is 0 Å². The van der Waals surface area contributed by atoms with Crippen molar-refractivity contribution >= 4 is 0 Å². The molecule has 1 aromatic rings. The lowest BCUT2D eigenvalue weighted by Crippen LogP contribution is -2.27. The Morgan fingerprint density at radius 1 is 1.19 bits per heavy atom. The van der Waals surface area contributed by atoms with E-state index in [9.17, 15) is 5.26 Å². The Bertz CT molecular complexity index is 386. The average Bonchev–Trinajstić information content (AvgIpc) is 2.29. The summed E-state index contributed by atoms with van der Waals surface area (Å²) >= 11 is 0. The molecule has 16 heavy (non-hydrogen) atoms. The van der Waals surface area contributed by atoms with Gasteiger partial charge < -0.3 is 0 Å². The highest BCUT2D eigenvalue weighted by molar-refractivity contribution is 5.33. The Hall–Kier alpha value is -1.33. The Morgan fingerprint density at radius 3 is 2.25 bits per heavy atom. The van der Waals surface area contributed by atoms with E-state index < -0.39 is 0 Å². The van der Waals surface area contributed by atoms with Gasteiger partial charge in [0.05, 0.1) is 6.07 Å². The summed E-state index contributed by atoms with van der Waals surface area (Å²) in [6.07, 6.45) is 0. The highest BCUT2D eigenvalue weighted by Crippen LogP contribution is 2.21. The fourth-order valence-electron chi connectivity index (χ4n) is 1.89. The van der Waals surface area contributed by atoms with Crippen LogP contribution in [0.4, 0.5) is 0 Å². The van der Waals surface area contributed by atoms with Crippen LogP contribution in [0.15, 0.2) is 18.2 Å². The van der Waals surface area contributed by atoms with Crippen molar-refractivity contribution < 1.29 is 0 Å². The van der Waals surface area contributed by atoms with Gasteiger partial charge >= 0.3 is 0 Å². The number of nitrogens with zero attached hydrogens (tertiary/aromatic N) is 2. The molecule has 1 unspecified atom stereocenters. The minimum atomic E-state index is -0.116. The second-order valence-corrected chi connectivity index (χ2v) is 4.10. The molecule has 0 heterocycles. The minimum absolute atomic E-state index is 0.116. The average molecular weight is 216 g/mol. The van der Waals surface area contributed by atoms with Crippen molar-refractivity contribution in [1.82, 2.24) is 4.90 Å². The molecule has 1 aromatic carbocycles. The van der Waals surface area contributed by atoms with Crippen LogP contribution in [-0.2, 0) is 0 Å². The Balaban J connectivity index is 3.05. The first kappa shape index (κ1) is 12.7. The van der Waals surface area contributed by atoms with E-state index in [0.717, 1.165) is 18.7 Å². The number of aryl methyl sites for hydroxylation is 2. The van der Waals surface area contributed by atoms with Gasteiger partial charge in [0, 0.05) is 0 Å². The zero-order chi connectivity index (χ0) is 12.1. The molecule has 0 amide bonds. The molecule has 0 radical (unpaired) electrons. The molecule has 1 rings (SSSR count). The van der Waals surface area contributed by atoms with Gasteiger partial charge in [-0.2, -0.15) is 5.26 Å². The summed E-state index contributed by atoms with van der Waals surface area (Å²) in [5.41, 5.74) is 3.64. The van der Waals surface area contributed by atoms with Crippen LogP contribution in [0.3, 0.4) is 0 Å². The first-order valence-corrected chi connectivity index (χ1v) is 5.84. The predicted molar refractivity (Wildman–Crippen MR) is 67.2 cm³/mol. The normalized spacial score (nSPS) is 12.5. The Kier molecular flexibility index (Phi) is 4.52. The van der Waals surface area contributed by atoms with Crippen molar-refractivity contribution in [1.29, 1.82) is 5.26 Å². The molecule has 2 heteroatoms. The van der Waals surface area contributed by atoms with Crippen LogP contribution in [-0.4, -0.2) is 18.0 Å². The van der Waals surface area contributed by atoms with Crippen molar-refractivity contribution in [2.45, 2.75) is 33.7 Å². The van der Waals surface area contributed by atoms with Crippen LogP contribution in [0.25, 0.3) is 0 Å². The van der Waals surface area contributed by atoms with Crippen molar-refractivity contribution in [2.24, 2.45) is 0 Å². The van der Waals surface area contributed by atoms with Crippen LogP contribution in [0, 0.1) is 25.2 Å². The third-order valence-electron chi connectivity index (χ3n) is 3.15. The van der Waals surface area contributed by atoms with Crippen LogP contribution < -0.4 is 0 Å². The van der Waals surface area contributed by atoms with Gasteiger partial charge in [-0.15, -0.1) is 0 Å². The van der Waals surface area contributed by atoms with E-state index in [1.54, 1.807) is 0 Å². The summed E-state index contributed by atoms with van der Waals surface area (Å²) in [6, 6.07) is 8.56. The van der Waals surface area contributed by atoms with Gasteiger partial charge in [0.2, 0.25) is 0 Å². The number of benzene rings is 1. The molecule has 0 aromatic heterocycles. The molecule has 0 spiro atoms. The smallest absolute Gasteiger partial charge is 0.123 e. The van der Waals surface area contributed by atoms with Gasteiger partial charge in [0.15, 0.2) is 0 Å². The first-order chi connectivity index (χ1) is 7.63. The second-order valence-electron chi connectivity index (χ2n) is 4.10. The van der Waals surface area contributed by atoms with Crippen molar-refractivity contribution in [3.8, 4) is 6.07 Å². The molecule has 86 valence electrons. The molecule has 0 bridgehead atoms. The number of hydrogen-bond donors (Lipinski definition) is 0. The summed E-state index contributed by atoms with van der Waals surface area (Å²) in [6.45, 7) is 10.2. The SMILES string of the molecule is CCN(CC)C(C#N)c1ccc(C)c(C)c1. The molecule has 2 nitrogen and oxygen atoms in total. The highest BCUT2D eigenvalue weighted by atomic mass is 15.1. The lowest BCUT2D eigenvalue weighted by molar-refractivity contribution is 0.262. The second kappa shape index (κ2) is 5.67. The third kappa shape index (κ3) is 2.62. The number of hydrogen-bond acceptors (Lipinski definition) is 2. The molecule has 0 saturated heterocycles. The van der Waals surface area contributed by atoms with Crippen molar-refractivity contribution in [3.05, 3.63) is 34.9 Å². The van der Waals surface area contributed by atoms with Gasteiger partial charge in [-0.25, -0.2) is 0 Å². The van der Waals surface area contributed by atoms with E-state index in [1.165, 1.54) is 11.1 Å². The van der Waals surface area contributed by atoms with Crippen LogP contribution in [0.5, 0.6) is 0 Å². The Morgan fingerprint density at radius 2 is 1.81 bits per heavy atom. The maximum atomic E-state index is 9.28. The van der Waals surface area contributed by atoms with Gasteiger partial charge in [0.1, 0.15) is 6.04 Å². The molecule has 0 fully saturated rings. The molecule has 0 aliphatic rings. The molecule has 0 aliphatic heterocycles. The fourth-order valence-corrected chi connectivity index (χ4v) is 1.89. The lowest BCUT2D eigenvalue weighted by Gasteiger charge is -2.24. The van der Waals surface area contributed by atoms with E-state index in [-0.39, 0.29) is 6.04 Å². The van der Waals surface area contributed by atoms with Crippen LogP contribution >= 0.6 is 0 Å². The molecule has 0 N–H and O–H groups in total. The van der Waals surface area contributed by atoms with Gasteiger partial charge in [-0.05, 0) is 43.6 Å². The summed E-state index contributed by atoms with van der Waals surface area (Å²) in [5.74, 6) is 0. The summed E-state index contributed by atoms with van der Waals surface area (Å²) in [5, 5.41) is 9.28. The van der Waals surface area contributed by atoms with Crippen LogP contribution in [0.1, 0.15) is 36.6 Å². The van der Waals surface area contributed by atoms with E-state index >= 15 is 0 Å². The van der Waals surface area contributed by atoms with Crippen LogP contribution in [0.2, 0.25) is 0 Å². The topological polar surface area (TPSA) is 27.0 Å². The number of rotatable bonds is 4. The zero-order valence-corrected chi connectivity index (χ0v) is 10.6. The first-order valence-electron chi connectivity index (χ1n) is 5.84. The fraction of sp³-hybridized carbons (Fsp3) is 0.500. The standard InChI is InChI=1S/C14H20N2/c1-5-16(6-2)14(10-15)13-8-7-11(3)12(4)9-13/h7-9,14H,5-6H2,1-4H3. The van der Waals surface area contributed by atoms with E-state index in [4.69, 9.17) is 0 Å². The van der Waals surface area contributed by atoms with E-state index in [2.05, 4.69) is 56.9 Å². The third-order valence-corrected chi connectivity index (χ3v) is 3.15. The Labute approximate surface area is 98.5 Å². The number of nitriles is 1. The monoisotopic (exact) mass is 216 g/mol. The van der Waals surface area contributed by atoms with E-state index in [1.807, 2.05) is 0 Å². The van der Waals surface area contributed by atoms with Crippen molar-refractivity contribution in [2.75, 3.05) is 13.1 Å². The summed E-state index contributed by atoms with van der Waals surface area (Å²) < 4.78 is 0. The zero-order valence-electron chi connectivity index (χ0n) is 10.6. The molecule has 0 aliphatic carbocycles. The predicted octanol–water partition coefficient (Wildman–Crippen LogP) is 3.21. The maximum absolute atomic E-state index is 9.28. The molecular weight excluding hydrogens is 196 g/mol. The minimum Gasteiger partial charge on any atom is -0.285 e. The molecular formula is C14H20N2. The molecule has 1 atom stereocenters. The largest absolute Gasteiger partial charge is 0.285 e. The maximum Gasteiger partial charge on any atom is 0.123 e. The molecule has 0 saturated carbocycles. The summed E-state index contributed by atoms with van der Waals surface area (Å²) in [7, 11) is 0.